The summed E-state index contributed by atoms with van der Waals surface area (Å²) in [6, 6.07) is 6.62. The van der Waals surface area contributed by atoms with Crippen molar-refractivity contribution in [2.24, 2.45) is 5.92 Å². The smallest absolute Gasteiger partial charge is 0.281 e. The zero-order valence-corrected chi connectivity index (χ0v) is 19.6. The summed E-state index contributed by atoms with van der Waals surface area (Å²) in [6.07, 6.45) is 2.60. The first-order valence-electron chi connectivity index (χ1n) is 12.0. The van der Waals surface area contributed by atoms with Crippen molar-refractivity contribution in [2.75, 3.05) is 25.5 Å². The molecule has 1 saturated carbocycles. The molecule has 0 radical (unpaired) electrons. The Labute approximate surface area is 204 Å². The predicted molar refractivity (Wildman–Crippen MR) is 128 cm³/mol. The van der Waals surface area contributed by atoms with Gasteiger partial charge in [0.05, 0.1) is 5.56 Å². The van der Waals surface area contributed by atoms with Crippen LogP contribution in [0.25, 0.3) is 33.3 Å². The second kappa shape index (κ2) is 8.55. The Hall–Kier alpha value is -3.53. The van der Waals surface area contributed by atoms with E-state index < -0.39 is 17.8 Å². The van der Waals surface area contributed by atoms with Crippen molar-refractivity contribution in [1.82, 2.24) is 19.9 Å². The number of alkyl halides is 3. The molecule has 186 valence electrons. The van der Waals surface area contributed by atoms with Crippen molar-refractivity contribution in [3.63, 3.8) is 0 Å². The van der Waals surface area contributed by atoms with E-state index in [-0.39, 0.29) is 28.9 Å². The van der Waals surface area contributed by atoms with E-state index in [2.05, 4.69) is 20.3 Å². The lowest BCUT2D eigenvalue weighted by Crippen LogP contribution is -2.41. The molecule has 4 heterocycles. The van der Waals surface area contributed by atoms with E-state index in [0.29, 0.717) is 40.6 Å². The Balaban J connectivity index is 1.43. The second-order valence-corrected chi connectivity index (χ2v) is 9.74. The summed E-state index contributed by atoms with van der Waals surface area (Å²) in [6.45, 7) is 1.16. The van der Waals surface area contributed by atoms with Crippen molar-refractivity contribution in [3.8, 4) is 11.5 Å². The molecule has 6 rings (SSSR count). The minimum atomic E-state index is -2.81. The number of piperidine rings is 1. The van der Waals surface area contributed by atoms with Gasteiger partial charge in [0.25, 0.3) is 6.43 Å². The molecule has 1 N–H and O–H groups in total. The van der Waals surface area contributed by atoms with Gasteiger partial charge in [-0.1, -0.05) is 6.07 Å². The topological polar surface area (TPSA) is 84.2 Å². The van der Waals surface area contributed by atoms with Gasteiger partial charge < -0.3 is 14.6 Å². The molecule has 4 aromatic rings. The van der Waals surface area contributed by atoms with Gasteiger partial charge in [0.2, 0.25) is 11.8 Å². The van der Waals surface area contributed by atoms with Crippen molar-refractivity contribution in [2.45, 2.75) is 37.8 Å². The summed E-state index contributed by atoms with van der Waals surface area (Å²) in [5.41, 5.74) is -0.0662. The number of oxazole rings is 1. The summed E-state index contributed by atoms with van der Waals surface area (Å²) in [5, 5.41) is 3.27. The van der Waals surface area contributed by atoms with E-state index in [4.69, 9.17) is 4.42 Å². The lowest BCUT2D eigenvalue weighted by atomic mass is 9.87. The Bertz CT molecular complexity index is 1490. The van der Waals surface area contributed by atoms with E-state index in [1.807, 2.05) is 11.9 Å². The molecular formula is C26H24F3N5O2. The highest BCUT2D eigenvalue weighted by Crippen LogP contribution is 2.39. The third-order valence-electron chi connectivity index (χ3n) is 6.98. The Morgan fingerprint density at radius 3 is 2.78 bits per heavy atom. The summed E-state index contributed by atoms with van der Waals surface area (Å²) in [4.78, 5) is 26.9. The first kappa shape index (κ1) is 22.9. The number of carbonyl (C=O) groups is 1. The van der Waals surface area contributed by atoms with Crippen molar-refractivity contribution < 1.29 is 22.4 Å². The normalized spacial score (nSPS) is 20.9. The number of hydrogen-bond acceptors (Lipinski definition) is 6. The molecule has 0 spiro atoms. The molecule has 7 nitrogen and oxygen atoms in total. The maximum Gasteiger partial charge on any atom is 0.281 e. The highest BCUT2D eigenvalue weighted by Gasteiger charge is 2.36. The molecule has 1 amide bonds. The van der Waals surface area contributed by atoms with Crippen LogP contribution < -0.4 is 5.32 Å². The van der Waals surface area contributed by atoms with Crippen LogP contribution in [0.1, 0.15) is 43.4 Å². The van der Waals surface area contributed by atoms with Gasteiger partial charge in [0, 0.05) is 35.6 Å². The van der Waals surface area contributed by atoms with Crippen LogP contribution in [-0.2, 0) is 10.5 Å². The Kier molecular flexibility index (Phi) is 5.44. The number of rotatable bonds is 5. The van der Waals surface area contributed by atoms with Crippen LogP contribution in [0, 0.1) is 5.92 Å². The molecule has 1 aromatic carbocycles. The monoisotopic (exact) mass is 495 g/mol. The number of aromatic nitrogens is 3. The number of nitrogens with zero attached hydrogens (tertiary/aromatic N) is 4. The molecule has 1 atom stereocenters. The number of fused-ring (bicyclic) bond motifs is 2. The van der Waals surface area contributed by atoms with Crippen LogP contribution in [0.15, 0.2) is 41.1 Å². The summed E-state index contributed by atoms with van der Waals surface area (Å²) < 4.78 is 49.0. The van der Waals surface area contributed by atoms with Gasteiger partial charge in [-0.15, -0.1) is 0 Å². The molecule has 1 aliphatic carbocycles. The van der Waals surface area contributed by atoms with Crippen molar-refractivity contribution >= 4 is 33.6 Å². The fourth-order valence-electron chi connectivity index (χ4n) is 4.91. The minimum Gasteiger partial charge on any atom is -0.436 e. The molecule has 36 heavy (non-hydrogen) atoms. The number of benzene rings is 1. The van der Waals surface area contributed by atoms with Gasteiger partial charge in [-0.25, -0.2) is 23.1 Å². The van der Waals surface area contributed by atoms with Gasteiger partial charge in [0.15, 0.2) is 5.58 Å². The number of halogens is 3. The van der Waals surface area contributed by atoms with Crippen LogP contribution in [0.5, 0.6) is 0 Å². The average molecular weight is 496 g/mol. The number of hydrogen-bond donors (Lipinski definition) is 1. The number of amides is 1. The molecule has 3 aromatic heterocycles. The molecular weight excluding hydrogens is 471 g/mol. The Morgan fingerprint density at radius 1 is 1.19 bits per heavy atom. The van der Waals surface area contributed by atoms with Crippen molar-refractivity contribution in [3.05, 3.63) is 47.9 Å². The number of likely N-dealkylation sites (N-methyl/N-ethyl adjacent to an activating group) is 1. The highest BCUT2D eigenvalue weighted by molar-refractivity contribution is 6.00. The zero-order chi connectivity index (χ0) is 25.0. The maximum atomic E-state index is 15.7. The Morgan fingerprint density at radius 2 is 2.03 bits per heavy atom. The lowest BCUT2D eigenvalue weighted by molar-refractivity contribution is -0.117. The fourth-order valence-corrected chi connectivity index (χ4v) is 4.91. The number of likely N-dealkylation sites (tertiary alicyclic amines) is 1. The van der Waals surface area contributed by atoms with E-state index in [0.717, 1.165) is 25.8 Å². The third kappa shape index (κ3) is 4.09. The third-order valence-corrected chi connectivity index (χ3v) is 6.98. The molecule has 2 fully saturated rings. The molecule has 1 saturated heterocycles. The molecule has 2 aliphatic rings. The van der Waals surface area contributed by atoms with Crippen molar-refractivity contribution in [1.29, 1.82) is 0 Å². The number of nitrogens with one attached hydrogen (secondary N) is 1. The predicted octanol–water partition coefficient (Wildman–Crippen LogP) is 5.61. The van der Waals surface area contributed by atoms with Crippen LogP contribution in [0.4, 0.5) is 19.0 Å². The number of anilines is 1. The second-order valence-electron chi connectivity index (χ2n) is 9.74. The van der Waals surface area contributed by atoms with Gasteiger partial charge in [-0.3, -0.25) is 9.78 Å². The van der Waals surface area contributed by atoms with Crippen LogP contribution >= 0.6 is 0 Å². The van der Waals surface area contributed by atoms with Gasteiger partial charge >= 0.3 is 0 Å². The van der Waals surface area contributed by atoms with E-state index >= 15 is 4.39 Å². The number of pyridine rings is 2. The number of carbonyl (C=O) groups excluding carboxylic acids is 1. The quantitative estimate of drug-likeness (QED) is 0.387. The standard InChI is InChI=1S/C26H24F3N5O2/c1-34-8-2-7-26(29,13-34)15-5-6-20-19(9-15)32-25(36-20)18-12-31-22(23(27)28)17-11-30-21(10-16(17)18)33-24(35)14-3-4-14/h5-6,9-12,14,23H,2-4,7-8,13H2,1H3,(H,30,33,35). The van der Waals surface area contributed by atoms with Gasteiger partial charge in [0.1, 0.15) is 22.7 Å². The maximum absolute atomic E-state index is 15.7. The van der Waals surface area contributed by atoms with E-state index in [1.54, 1.807) is 18.2 Å². The first-order chi connectivity index (χ1) is 17.3. The average Bonchev–Trinajstić information content (AvgIpc) is 3.62. The molecule has 10 heteroatoms. The van der Waals surface area contributed by atoms with Gasteiger partial charge in [-0.05, 0) is 63.0 Å². The lowest BCUT2D eigenvalue weighted by Gasteiger charge is -2.35. The molecule has 1 aliphatic heterocycles. The van der Waals surface area contributed by atoms with E-state index in [9.17, 15) is 13.6 Å². The van der Waals surface area contributed by atoms with Crippen LogP contribution in [0.3, 0.4) is 0 Å². The van der Waals surface area contributed by atoms with E-state index in [1.165, 1.54) is 18.5 Å². The summed E-state index contributed by atoms with van der Waals surface area (Å²) >= 11 is 0. The van der Waals surface area contributed by atoms with Crippen LogP contribution in [-0.4, -0.2) is 45.9 Å². The fraction of sp³-hybridized carbons (Fsp3) is 0.385. The molecule has 1 unspecified atom stereocenters. The zero-order valence-electron chi connectivity index (χ0n) is 19.6. The molecule has 0 bridgehead atoms. The first-order valence-corrected chi connectivity index (χ1v) is 12.0. The summed E-state index contributed by atoms with van der Waals surface area (Å²) in [5.74, 6) is 0.241. The highest BCUT2D eigenvalue weighted by atomic mass is 19.3. The van der Waals surface area contributed by atoms with Gasteiger partial charge in [-0.2, -0.15) is 0 Å². The van der Waals surface area contributed by atoms with Crippen LogP contribution in [0.2, 0.25) is 0 Å². The minimum absolute atomic E-state index is 0.0370. The largest absolute Gasteiger partial charge is 0.436 e. The SMILES string of the molecule is CN1CCCC(F)(c2ccc3oc(-c4cnc(C(F)F)c5cnc(NC(=O)C6CC6)cc45)nc3c2)C1. The summed E-state index contributed by atoms with van der Waals surface area (Å²) in [7, 11) is 1.90.